The standard InChI is InChI=1S/C57H98N6O24/c1-5-6-7-8-9-10-11-12-13-17-20-39(65)61-36(21-24-44(70)87-63-42(68)22-23-43(63)69)38(64)19-16-14-15-18-37(54(80)60-27-30-83-57-53(79)50(76)47(73)35(4)86-57)62(31-40(66)58-25-28-81-55-51(77)48(74)45(71)33(2)84-55)32-41(67)59-26-29-82-56-52(78)49(75)46(72)34(3)85-56/h33-37,45-53,55-57,71-79H,5-32H2,1-4H3,(H,58,66)(H,59,67)(H,60,80)(H,61,65)/t33-,34-,35-,36-,37-,45+,46+,47+,48+,49+,50+,51-,52-,53-,55+,56+,57+/m0/s1. The molecule has 0 spiro atoms. The molecule has 4 aliphatic heterocycles. The summed E-state index contributed by atoms with van der Waals surface area (Å²) >= 11 is 0. The fraction of sp³-hybridized carbons (Fsp3) is 0.860. The average Bonchev–Trinajstić information content (AvgIpc) is 3.09. The number of rotatable bonds is 41. The molecule has 6 amide bonds. The zero-order chi connectivity index (χ0) is 64.2. The van der Waals surface area contributed by atoms with Crippen LogP contribution in [0.15, 0.2) is 0 Å². The quantitative estimate of drug-likeness (QED) is 0.0218. The number of aliphatic hydroxyl groups is 9. The molecule has 0 aromatic carbocycles. The number of carbonyl (C=O) groups excluding carboxylic acids is 8. The van der Waals surface area contributed by atoms with Gasteiger partial charge in [0.05, 0.1) is 69.7 Å². The summed E-state index contributed by atoms with van der Waals surface area (Å²) in [6, 6.07) is -2.40. The molecular weight excluding hydrogens is 1150 g/mol. The number of aliphatic hydroxyl groups excluding tert-OH is 9. The molecule has 4 heterocycles. The lowest BCUT2D eigenvalue weighted by molar-refractivity contribution is -0.292. The van der Waals surface area contributed by atoms with Gasteiger partial charge in [-0.25, -0.2) is 4.79 Å². The van der Waals surface area contributed by atoms with Gasteiger partial charge in [0.2, 0.25) is 23.6 Å². The largest absolute Gasteiger partial charge is 0.388 e. The first-order valence-corrected chi connectivity index (χ1v) is 30.8. The highest BCUT2D eigenvalue weighted by Gasteiger charge is 2.45. The van der Waals surface area contributed by atoms with Crippen molar-refractivity contribution in [1.82, 2.24) is 31.2 Å². The van der Waals surface area contributed by atoms with Gasteiger partial charge in [0, 0.05) is 45.3 Å². The molecular formula is C57H98N6O24. The van der Waals surface area contributed by atoms with Gasteiger partial charge >= 0.3 is 5.97 Å². The molecule has 87 heavy (non-hydrogen) atoms. The third-order valence-electron chi connectivity index (χ3n) is 15.7. The van der Waals surface area contributed by atoms with E-state index in [1.807, 2.05) is 0 Å². The summed E-state index contributed by atoms with van der Waals surface area (Å²) in [6.07, 6.45) is -10.3. The Hall–Kier alpha value is -4.48. The summed E-state index contributed by atoms with van der Waals surface area (Å²) in [7, 11) is 0. The van der Waals surface area contributed by atoms with Gasteiger partial charge < -0.3 is 100 Å². The van der Waals surface area contributed by atoms with E-state index in [0.29, 0.717) is 11.5 Å². The molecule has 17 atom stereocenters. The van der Waals surface area contributed by atoms with Crippen molar-refractivity contribution in [2.75, 3.05) is 52.5 Å². The van der Waals surface area contributed by atoms with Crippen LogP contribution in [-0.4, -0.2) is 260 Å². The maximum Gasteiger partial charge on any atom is 0.333 e. The van der Waals surface area contributed by atoms with Gasteiger partial charge in [0.25, 0.3) is 11.8 Å². The van der Waals surface area contributed by atoms with Gasteiger partial charge in [-0.05, 0) is 46.5 Å². The Labute approximate surface area is 507 Å². The molecule has 0 aliphatic carbocycles. The summed E-state index contributed by atoms with van der Waals surface area (Å²) < 4.78 is 33.1. The second-order valence-corrected chi connectivity index (χ2v) is 22.8. The first-order chi connectivity index (χ1) is 41.4. The first kappa shape index (κ1) is 75.0. The minimum atomic E-state index is -1.64. The van der Waals surface area contributed by atoms with E-state index >= 15 is 0 Å². The molecule has 30 nitrogen and oxygen atoms in total. The van der Waals surface area contributed by atoms with E-state index in [9.17, 15) is 84.3 Å². The number of amides is 6. The molecule has 4 rings (SSSR count). The van der Waals surface area contributed by atoms with Gasteiger partial charge in [-0.1, -0.05) is 77.6 Å². The van der Waals surface area contributed by atoms with E-state index < -0.39 is 171 Å². The molecule has 4 saturated heterocycles. The minimum absolute atomic E-state index is 0.0367. The van der Waals surface area contributed by atoms with E-state index in [4.69, 9.17) is 33.3 Å². The highest BCUT2D eigenvalue weighted by Crippen LogP contribution is 2.25. The third-order valence-corrected chi connectivity index (χ3v) is 15.7. The highest BCUT2D eigenvalue weighted by atomic mass is 16.7. The number of unbranched alkanes of at least 4 members (excludes halogenated alkanes) is 11. The van der Waals surface area contributed by atoms with Crippen molar-refractivity contribution in [3.05, 3.63) is 0 Å². The maximum absolute atomic E-state index is 14.3. The topological polar surface area (TPSA) is 438 Å². The summed E-state index contributed by atoms with van der Waals surface area (Å²) in [5.41, 5.74) is 0. The van der Waals surface area contributed by atoms with Crippen molar-refractivity contribution in [3.63, 3.8) is 0 Å². The van der Waals surface area contributed by atoms with E-state index in [0.717, 1.165) is 32.1 Å². The maximum atomic E-state index is 14.3. The lowest BCUT2D eigenvalue weighted by atomic mass is 9.99. The SMILES string of the molecule is CCCCCCCCCCCCC(=O)N[C@@H](CCC(=O)ON1C(=O)CCC1=O)C(=O)CCCCC[C@@H](C(=O)NCCO[C@@H]1O[C@@H](C)[C@@H](O)[C@@H](O)[C@@H]1O)N(CC(=O)NCCO[C@@H]1O[C@@H](C)[C@@H](O)[C@@H](O)[C@@H]1O)CC(=O)NCCO[C@@H]1O[C@@H](C)[C@@H](O)[C@@H](O)[C@@H]1O. The Morgan fingerprint density at radius 2 is 0.908 bits per heavy atom. The number of Topliss-reactive ketones (excluding diaryl/α,β-unsaturated/α-hetero) is 1. The lowest BCUT2D eigenvalue weighted by Crippen LogP contribution is -2.58. The number of nitrogens with one attached hydrogen (secondary N) is 4. The van der Waals surface area contributed by atoms with Crippen molar-refractivity contribution in [3.8, 4) is 0 Å². The van der Waals surface area contributed by atoms with Crippen molar-refractivity contribution < 1.29 is 118 Å². The molecule has 0 aromatic heterocycles. The molecule has 0 aromatic rings. The zero-order valence-electron chi connectivity index (χ0n) is 50.7. The van der Waals surface area contributed by atoms with E-state index in [2.05, 4.69) is 28.2 Å². The van der Waals surface area contributed by atoms with Crippen molar-refractivity contribution in [2.24, 2.45) is 0 Å². The predicted molar refractivity (Wildman–Crippen MR) is 302 cm³/mol. The van der Waals surface area contributed by atoms with Gasteiger partial charge in [-0.2, -0.15) is 0 Å². The second kappa shape index (κ2) is 39.6. The molecule has 4 fully saturated rings. The normalized spacial score (nSPS) is 29.1. The molecule has 13 N–H and O–H groups in total. The van der Waals surface area contributed by atoms with Crippen LogP contribution in [0, 0.1) is 0 Å². The third kappa shape index (κ3) is 25.4. The average molecular weight is 1250 g/mol. The molecule has 4 aliphatic rings. The van der Waals surface area contributed by atoms with Crippen LogP contribution in [0.5, 0.6) is 0 Å². The summed E-state index contributed by atoms with van der Waals surface area (Å²) in [4.78, 5) is 112. The van der Waals surface area contributed by atoms with E-state index in [1.54, 1.807) is 0 Å². The monoisotopic (exact) mass is 1250 g/mol. The molecule has 0 unspecified atom stereocenters. The van der Waals surface area contributed by atoms with E-state index in [1.165, 1.54) is 51.4 Å². The van der Waals surface area contributed by atoms with Crippen LogP contribution in [0.2, 0.25) is 0 Å². The van der Waals surface area contributed by atoms with Gasteiger partial charge in [0.15, 0.2) is 24.7 Å². The van der Waals surface area contributed by atoms with Crippen LogP contribution in [0.25, 0.3) is 0 Å². The Balaban J connectivity index is 1.46. The van der Waals surface area contributed by atoms with Gasteiger partial charge in [0.1, 0.15) is 54.9 Å². The van der Waals surface area contributed by atoms with Crippen LogP contribution in [0.1, 0.15) is 156 Å². The van der Waals surface area contributed by atoms with Crippen LogP contribution < -0.4 is 21.3 Å². The number of hydrogen-bond acceptors (Lipinski definition) is 25. The smallest absolute Gasteiger partial charge is 0.333 e. The zero-order valence-corrected chi connectivity index (χ0v) is 50.7. The number of imide groups is 1. The number of nitrogens with zero attached hydrogens (tertiary/aromatic N) is 2. The van der Waals surface area contributed by atoms with Crippen LogP contribution in [-0.2, 0) is 71.6 Å². The number of carbonyl (C=O) groups is 8. The lowest BCUT2D eigenvalue weighted by Gasteiger charge is -2.39. The van der Waals surface area contributed by atoms with Crippen molar-refractivity contribution >= 4 is 47.2 Å². The number of hydrogen-bond donors (Lipinski definition) is 13. The summed E-state index contributed by atoms with van der Waals surface area (Å²) in [5, 5.41) is 103. The van der Waals surface area contributed by atoms with Crippen LogP contribution in [0.3, 0.4) is 0 Å². The fourth-order valence-corrected chi connectivity index (χ4v) is 10.3. The van der Waals surface area contributed by atoms with E-state index in [-0.39, 0.29) is 97.2 Å². The number of hydroxylamine groups is 2. The number of ether oxygens (including phenoxy) is 6. The molecule has 0 saturated carbocycles. The second-order valence-electron chi connectivity index (χ2n) is 22.8. The van der Waals surface area contributed by atoms with Crippen LogP contribution in [0.4, 0.5) is 0 Å². The minimum Gasteiger partial charge on any atom is -0.388 e. The van der Waals surface area contributed by atoms with Gasteiger partial charge in [-0.3, -0.25) is 38.5 Å². The Bertz CT molecular complexity index is 2060. The Morgan fingerprint density at radius 1 is 0.506 bits per heavy atom. The molecule has 500 valence electrons. The summed E-state index contributed by atoms with van der Waals surface area (Å²) in [5.74, 6) is -5.26. The predicted octanol–water partition coefficient (Wildman–Crippen LogP) is -2.76. The van der Waals surface area contributed by atoms with Crippen molar-refractivity contribution in [1.29, 1.82) is 0 Å². The molecule has 30 heteroatoms. The van der Waals surface area contributed by atoms with Crippen molar-refractivity contribution in [2.45, 2.75) is 260 Å². The first-order valence-electron chi connectivity index (χ1n) is 30.8. The Morgan fingerprint density at radius 3 is 1.36 bits per heavy atom. The highest BCUT2D eigenvalue weighted by molar-refractivity contribution is 6.01. The molecule has 0 bridgehead atoms. The van der Waals surface area contributed by atoms with Crippen LogP contribution >= 0.6 is 0 Å². The number of ketones is 1. The Kier molecular flexibility index (Phi) is 34.1. The fourth-order valence-electron chi connectivity index (χ4n) is 10.3. The molecule has 0 radical (unpaired) electrons. The van der Waals surface area contributed by atoms with Gasteiger partial charge in [-0.15, -0.1) is 5.06 Å². The summed E-state index contributed by atoms with van der Waals surface area (Å²) in [6.45, 7) is 3.94.